The number of aromatic amines is 1. The molecule has 0 spiro atoms. The molecule has 0 radical (unpaired) electrons. The molecule has 0 saturated carbocycles. The molecule has 0 fully saturated rings. The van der Waals surface area contributed by atoms with Gasteiger partial charge in [-0.25, -0.2) is 15.0 Å². The van der Waals surface area contributed by atoms with Crippen LogP contribution in [-0.4, -0.2) is 40.1 Å². The third-order valence-corrected chi connectivity index (χ3v) is 3.97. The first-order chi connectivity index (χ1) is 10.2. The Kier molecular flexibility index (Phi) is 3.53. The van der Waals surface area contributed by atoms with Crippen LogP contribution >= 0.6 is 11.3 Å². The summed E-state index contributed by atoms with van der Waals surface area (Å²) >= 11 is 1.41. The van der Waals surface area contributed by atoms with E-state index in [-0.39, 0.29) is 12.4 Å². The Bertz CT molecular complexity index is 763. The van der Waals surface area contributed by atoms with Gasteiger partial charge in [-0.05, 0) is 10.9 Å². The molecule has 0 atom stereocenters. The van der Waals surface area contributed by atoms with Crippen molar-refractivity contribution in [3.8, 4) is 16.5 Å². The van der Waals surface area contributed by atoms with Gasteiger partial charge in [0.25, 0.3) is 0 Å². The summed E-state index contributed by atoms with van der Waals surface area (Å²) in [5.41, 5.74) is 2.85. The largest absolute Gasteiger partial charge is 0.487 e. The molecule has 21 heavy (non-hydrogen) atoms. The Balaban J connectivity index is 2.10. The Morgan fingerprint density at radius 1 is 1.43 bits per heavy atom. The van der Waals surface area contributed by atoms with E-state index in [1.54, 1.807) is 13.3 Å². The van der Waals surface area contributed by atoms with Gasteiger partial charge in [0.2, 0.25) is 0 Å². The number of ether oxygens (including phenoxy) is 2. The van der Waals surface area contributed by atoms with Gasteiger partial charge >= 0.3 is 5.97 Å². The van der Waals surface area contributed by atoms with Gasteiger partial charge in [0.1, 0.15) is 17.7 Å². The van der Waals surface area contributed by atoms with Crippen molar-refractivity contribution in [3.05, 3.63) is 23.5 Å². The Morgan fingerprint density at radius 2 is 2.29 bits per heavy atom. The predicted octanol–water partition coefficient (Wildman–Crippen LogP) is 1.81. The van der Waals surface area contributed by atoms with Crippen molar-refractivity contribution in [1.82, 2.24) is 19.9 Å². The third kappa shape index (κ3) is 2.45. The number of thiophene rings is 1. The number of H-pyrrole nitrogens is 1. The molecule has 8 heteroatoms. The zero-order valence-electron chi connectivity index (χ0n) is 11.4. The van der Waals surface area contributed by atoms with E-state index in [0.29, 0.717) is 16.5 Å². The highest BCUT2D eigenvalue weighted by Crippen LogP contribution is 2.38. The molecular weight excluding hydrogens is 292 g/mol. The van der Waals surface area contributed by atoms with Gasteiger partial charge in [0.15, 0.2) is 10.7 Å². The van der Waals surface area contributed by atoms with Crippen LogP contribution < -0.4 is 4.74 Å². The van der Waals surface area contributed by atoms with E-state index >= 15 is 0 Å². The zero-order chi connectivity index (χ0) is 14.8. The molecule has 3 heterocycles. The number of nitrogens with one attached hydrogen (secondary N) is 1. The minimum Gasteiger partial charge on any atom is -0.487 e. The Hall–Kier alpha value is -2.48. The normalized spacial score (nSPS) is 10.8. The second-order valence-electron chi connectivity index (χ2n) is 4.23. The summed E-state index contributed by atoms with van der Waals surface area (Å²) in [5.74, 6) is 0.287. The number of imidazole rings is 1. The molecule has 0 aliphatic rings. The van der Waals surface area contributed by atoms with Crippen LogP contribution in [0.5, 0.6) is 5.06 Å². The van der Waals surface area contributed by atoms with Crippen LogP contribution in [0.4, 0.5) is 0 Å². The van der Waals surface area contributed by atoms with Gasteiger partial charge in [0.05, 0.1) is 32.4 Å². The summed E-state index contributed by atoms with van der Waals surface area (Å²) in [4.78, 5) is 27.1. The predicted molar refractivity (Wildman–Crippen MR) is 77.3 cm³/mol. The zero-order valence-corrected chi connectivity index (χ0v) is 12.2. The average Bonchev–Trinajstić information content (AvgIpc) is 3.09. The maximum absolute atomic E-state index is 11.5. The Labute approximate surface area is 124 Å². The molecule has 108 valence electrons. The van der Waals surface area contributed by atoms with Gasteiger partial charge in [0, 0.05) is 0 Å². The molecule has 1 N–H and O–H groups in total. The summed E-state index contributed by atoms with van der Waals surface area (Å²) in [5, 5.41) is 2.55. The number of carbonyl (C=O) groups excluding carboxylic acids is 1. The van der Waals surface area contributed by atoms with Crippen molar-refractivity contribution in [2.75, 3.05) is 14.2 Å². The van der Waals surface area contributed by atoms with Crippen LogP contribution in [0.2, 0.25) is 0 Å². The first-order valence-electron chi connectivity index (χ1n) is 6.10. The molecule has 0 aromatic carbocycles. The highest BCUT2D eigenvalue weighted by molar-refractivity contribution is 7.12. The Morgan fingerprint density at radius 3 is 3.00 bits per heavy atom. The van der Waals surface area contributed by atoms with E-state index in [1.165, 1.54) is 24.8 Å². The summed E-state index contributed by atoms with van der Waals surface area (Å²) < 4.78 is 10.1. The van der Waals surface area contributed by atoms with Gasteiger partial charge < -0.3 is 14.5 Å². The van der Waals surface area contributed by atoms with E-state index in [9.17, 15) is 4.79 Å². The standard InChI is InChI=1S/C13H12N4O3S/c1-19-9(18)3-7-5-21-13(20-2)10(7)12-16-8-4-14-6-15-11(8)17-12/h4-6H,3H2,1-2H3,(H,14,15,16,17). The topological polar surface area (TPSA) is 90.0 Å². The highest BCUT2D eigenvalue weighted by atomic mass is 32.1. The van der Waals surface area contributed by atoms with Crippen LogP contribution in [0.15, 0.2) is 17.9 Å². The van der Waals surface area contributed by atoms with Crippen LogP contribution in [0.25, 0.3) is 22.6 Å². The molecule has 0 amide bonds. The number of rotatable bonds is 4. The second kappa shape index (κ2) is 5.49. The highest BCUT2D eigenvalue weighted by Gasteiger charge is 2.20. The third-order valence-electron chi connectivity index (χ3n) is 2.98. The smallest absolute Gasteiger partial charge is 0.310 e. The van der Waals surface area contributed by atoms with Crippen molar-refractivity contribution in [1.29, 1.82) is 0 Å². The quantitative estimate of drug-likeness (QED) is 0.739. The molecule has 7 nitrogen and oxygen atoms in total. The fourth-order valence-corrected chi connectivity index (χ4v) is 2.90. The molecule has 0 unspecified atom stereocenters. The number of fused-ring (bicyclic) bond motifs is 1. The summed E-state index contributed by atoms with van der Waals surface area (Å²) in [6, 6.07) is 0. The van der Waals surface area contributed by atoms with E-state index in [2.05, 4.69) is 19.9 Å². The van der Waals surface area contributed by atoms with Crippen molar-refractivity contribution in [3.63, 3.8) is 0 Å². The molecule has 0 aliphatic heterocycles. The van der Waals surface area contributed by atoms with E-state index in [1.807, 2.05) is 5.38 Å². The van der Waals surface area contributed by atoms with E-state index in [4.69, 9.17) is 9.47 Å². The first kappa shape index (κ1) is 13.5. The molecule has 3 aromatic rings. The number of nitrogens with zero attached hydrogens (tertiary/aromatic N) is 3. The van der Waals surface area contributed by atoms with Crippen LogP contribution in [0, 0.1) is 0 Å². The fourth-order valence-electron chi connectivity index (χ4n) is 2.01. The lowest BCUT2D eigenvalue weighted by Gasteiger charge is -2.03. The minimum absolute atomic E-state index is 0.161. The number of esters is 1. The second-order valence-corrected chi connectivity index (χ2v) is 5.07. The number of hydrogen-bond acceptors (Lipinski definition) is 7. The monoisotopic (exact) mass is 304 g/mol. The molecule has 3 rings (SSSR count). The van der Waals surface area contributed by atoms with Gasteiger partial charge in [-0.1, -0.05) is 0 Å². The lowest BCUT2D eigenvalue weighted by atomic mass is 10.1. The van der Waals surface area contributed by atoms with Crippen molar-refractivity contribution in [2.45, 2.75) is 6.42 Å². The van der Waals surface area contributed by atoms with E-state index < -0.39 is 0 Å². The lowest BCUT2D eigenvalue weighted by molar-refractivity contribution is -0.139. The first-order valence-corrected chi connectivity index (χ1v) is 6.98. The van der Waals surface area contributed by atoms with Crippen LogP contribution in [0.1, 0.15) is 5.56 Å². The SMILES string of the molecule is COC(=O)Cc1csc(OC)c1-c1nc2ncncc2[nH]1. The van der Waals surface area contributed by atoms with Crippen molar-refractivity contribution >= 4 is 28.5 Å². The number of carbonyl (C=O) groups is 1. The van der Waals surface area contributed by atoms with Crippen molar-refractivity contribution < 1.29 is 14.3 Å². The van der Waals surface area contributed by atoms with E-state index in [0.717, 1.165) is 16.6 Å². The molecular formula is C13H12N4O3S. The molecule has 3 aromatic heterocycles. The molecule has 0 saturated heterocycles. The number of hydrogen-bond donors (Lipinski definition) is 1. The number of methoxy groups -OCH3 is 2. The van der Waals surface area contributed by atoms with Crippen LogP contribution in [-0.2, 0) is 16.0 Å². The maximum Gasteiger partial charge on any atom is 0.310 e. The van der Waals surface area contributed by atoms with Gasteiger partial charge in [-0.15, -0.1) is 11.3 Å². The lowest BCUT2D eigenvalue weighted by Crippen LogP contribution is -2.04. The summed E-state index contributed by atoms with van der Waals surface area (Å²) in [6.45, 7) is 0. The average molecular weight is 304 g/mol. The van der Waals surface area contributed by atoms with Gasteiger partial charge in [-0.3, -0.25) is 4.79 Å². The van der Waals surface area contributed by atoms with Crippen LogP contribution in [0.3, 0.4) is 0 Å². The summed E-state index contributed by atoms with van der Waals surface area (Å²) in [7, 11) is 2.95. The van der Waals surface area contributed by atoms with Crippen molar-refractivity contribution in [2.24, 2.45) is 0 Å². The fraction of sp³-hybridized carbons (Fsp3) is 0.231. The maximum atomic E-state index is 11.5. The molecule has 0 bridgehead atoms. The summed E-state index contributed by atoms with van der Waals surface area (Å²) in [6.07, 6.45) is 3.25. The van der Waals surface area contributed by atoms with Gasteiger partial charge in [-0.2, -0.15) is 0 Å². The minimum atomic E-state index is -0.312. The number of aromatic nitrogens is 4. The molecule has 0 aliphatic carbocycles.